The molecule has 1 amide bonds. The van der Waals surface area contributed by atoms with Gasteiger partial charge >= 0.3 is 0 Å². The monoisotopic (exact) mass is 587 g/mol. The van der Waals surface area contributed by atoms with E-state index in [1.165, 1.54) is 7.11 Å². The molecule has 5 rings (SSSR count). The van der Waals surface area contributed by atoms with E-state index < -0.39 is 26.5 Å². The van der Waals surface area contributed by atoms with Gasteiger partial charge < -0.3 is 10.1 Å². The number of carbonyl (C=O) groups is 1. The van der Waals surface area contributed by atoms with Gasteiger partial charge in [-0.25, -0.2) is 18.4 Å². The van der Waals surface area contributed by atoms with Crippen molar-refractivity contribution in [2.75, 3.05) is 48.0 Å². The molecule has 1 aliphatic rings. The minimum atomic E-state index is -3.58. The van der Waals surface area contributed by atoms with Gasteiger partial charge in [0.25, 0.3) is 5.91 Å². The lowest BCUT2D eigenvalue weighted by molar-refractivity contribution is 0.102. The molecule has 0 saturated carbocycles. The maximum Gasteiger partial charge on any atom is 0.274 e. The molecular formula is C25H29N7O6S2. The highest BCUT2D eigenvalue weighted by molar-refractivity contribution is 8.24. The average Bonchev–Trinajstić information content (AvgIpc) is 3.38. The van der Waals surface area contributed by atoms with Crippen molar-refractivity contribution in [2.24, 2.45) is 0 Å². The number of anilines is 2. The van der Waals surface area contributed by atoms with E-state index in [0.717, 1.165) is 6.26 Å². The van der Waals surface area contributed by atoms with Crippen LogP contribution in [0, 0.1) is 0 Å². The Kier molecular flexibility index (Phi) is 7.65. The standard InChI is InChI=1S/C25H29N7O6S2/c1-38-25-23(31-39(2,34)35)12-17(13-26-25)16-10-21(19-14-27-30-22(19)11-16)29-24(33)20-5-3-4-18(28-20)15-32-6-8-40(36,37)9-7-32/h3-5,10-14,31,36-37H,6-9,15H2,1-2H3,(H,27,30)(H,29,33). The van der Waals surface area contributed by atoms with E-state index in [-0.39, 0.29) is 17.3 Å². The minimum Gasteiger partial charge on any atom is -0.480 e. The van der Waals surface area contributed by atoms with Gasteiger partial charge in [0.2, 0.25) is 15.9 Å². The Morgan fingerprint density at radius 3 is 2.60 bits per heavy atom. The highest BCUT2D eigenvalue weighted by Gasteiger charge is 2.23. The summed E-state index contributed by atoms with van der Waals surface area (Å²) in [6.45, 7) is 1.59. The summed E-state index contributed by atoms with van der Waals surface area (Å²) in [4.78, 5) is 24.1. The Morgan fingerprint density at radius 1 is 1.12 bits per heavy atom. The number of hydrogen-bond donors (Lipinski definition) is 5. The number of hydrogen-bond acceptors (Lipinski definition) is 10. The molecule has 1 aromatic carbocycles. The van der Waals surface area contributed by atoms with Crippen molar-refractivity contribution in [3.8, 4) is 17.0 Å². The van der Waals surface area contributed by atoms with Crippen molar-refractivity contribution in [2.45, 2.75) is 6.54 Å². The number of nitrogens with one attached hydrogen (secondary N) is 3. The summed E-state index contributed by atoms with van der Waals surface area (Å²) in [5.74, 6) is 0.371. The number of H-pyrrole nitrogens is 1. The van der Waals surface area contributed by atoms with Crippen molar-refractivity contribution in [3.05, 3.63) is 60.2 Å². The number of carbonyl (C=O) groups excluding carboxylic acids is 1. The number of amides is 1. The van der Waals surface area contributed by atoms with Gasteiger partial charge in [0, 0.05) is 36.8 Å². The van der Waals surface area contributed by atoms with Gasteiger partial charge in [0.05, 0.1) is 48.0 Å². The van der Waals surface area contributed by atoms with Crippen LogP contribution in [0.2, 0.25) is 0 Å². The van der Waals surface area contributed by atoms with Crippen LogP contribution in [0.4, 0.5) is 11.4 Å². The number of benzene rings is 1. The zero-order valence-electron chi connectivity index (χ0n) is 21.8. The van der Waals surface area contributed by atoms with Crippen LogP contribution in [0.5, 0.6) is 5.88 Å². The molecule has 0 spiro atoms. The fourth-order valence-electron chi connectivity index (χ4n) is 4.40. The molecule has 4 heterocycles. The third-order valence-electron chi connectivity index (χ3n) is 6.37. The smallest absolute Gasteiger partial charge is 0.274 e. The molecule has 212 valence electrons. The summed E-state index contributed by atoms with van der Waals surface area (Å²) in [5, 5.41) is 10.6. The fourth-order valence-corrected chi connectivity index (χ4v) is 6.25. The van der Waals surface area contributed by atoms with Crippen molar-refractivity contribution in [3.63, 3.8) is 0 Å². The van der Waals surface area contributed by atoms with E-state index >= 15 is 0 Å². The largest absolute Gasteiger partial charge is 0.480 e. The Bertz CT molecular complexity index is 1670. The van der Waals surface area contributed by atoms with E-state index in [9.17, 15) is 22.3 Å². The molecule has 0 bridgehead atoms. The maximum absolute atomic E-state index is 13.3. The van der Waals surface area contributed by atoms with E-state index in [4.69, 9.17) is 4.74 Å². The topological polar surface area (TPSA) is 183 Å². The number of pyridine rings is 2. The first-order valence-corrected chi connectivity index (χ1v) is 16.0. The Hall–Kier alpha value is -3.76. The van der Waals surface area contributed by atoms with E-state index in [1.807, 2.05) is 12.1 Å². The molecule has 0 aliphatic carbocycles. The predicted octanol–water partition coefficient (Wildman–Crippen LogP) is 3.22. The highest BCUT2D eigenvalue weighted by Crippen LogP contribution is 2.40. The summed E-state index contributed by atoms with van der Waals surface area (Å²) in [6, 6.07) is 10.4. The molecule has 3 aromatic heterocycles. The van der Waals surface area contributed by atoms with E-state index in [0.29, 0.717) is 64.6 Å². The van der Waals surface area contributed by atoms with Gasteiger partial charge in [0.1, 0.15) is 11.4 Å². The van der Waals surface area contributed by atoms with Gasteiger partial charge in [-0.1, -0.05) is 6.07 Å². The fraction of sp³-hybridized carbons (Fsp3) is 0.280. The van der Waals surface area contributed by atoms with Crippen LogP contribution in [0.3, 0.4) is 0 Å². The summed E-state index contributed by atoms with van der Waals surface area (Å²) in [7, 11) is -4.68. The molecule has 15 heteroatoms. The van der Waals surface area contributed by atoms with Gasteiger partial charge in [-0.2, -0.15) is 15.7 Å². The second-order valence-corrected chi connectivity index (χ2v) is 13.6. The van der Waals surface area contributed by atoms with Gasteiger partial charge in [0.15, 0.2) is 0 Å². The molecule has 1 fully saturated rings. The Morgan fingerprint density at radius 2 is 1.88 bits per heavy atom. The third kappa shape index (κ3) is 6.51. The Balaban J connectivity index is 1.40. The number of rotatable bonds is 8. The molecule has 5 N–H and O–H groups in total. The van der Waals surface area contributed by atoms with Crippen molar-refractivity contribution < 1.29 is 27.1 Å². The number of sulfonamides is 1. The lowest BCUT2D eigenvalue weighted by Crippen LogP contribution is -2.38. The molecule has 13 nitrogen and oxygen atoms in total. The first kappa shape index (κ1) is 27.8. The molecule has 0 unspecified atom stereocenters. The number of aromatic nitrogens is 4. The predicted molar refractivity (Wildman–Crippen MR) is 154 cm³/mol. The quantitative estimate of drug-likeness (QED) is 0.205. The van der Waals surface area contributed by atoms with Crippen LogP contribution >= 0.6 is 10.6 Å². The van der Waals surface area contributed by atoms with Crippen molar-refractivity contribution in [1.82, 2.24) is 25.1 Å². The van der Waals surface area contributed by atoms with Gasteiger partial charge in [-0.15, -0.1) is 0 Å². The van der Waals surface area contributed by atoms with Crippen LogP contribution in [0.15, 0.2) is 48.8 Å². The van der Waals surface area contributed by atoms with Crippen LogP contribution in [0.25, 0.3) is 22.0 Å². The SMILES string of the molecule is COc1ncc(-c2cc(NC(=O)c3cccc(CN4CCS(O)(O)CC4)n3)c3cn[nH]c3c2)cc1NS(C)(=O)=O. The zero-order chi connectivity index (χ0) is 28.5. The number of fused-ring (bicyclic) bond motifs is 1. The zero-order valence-corrected chi connectivity index (χ0v) is 23.4. The van der Waals surface area contributed by atoms with Crippen LogP contribution < -0.4 is 14.8 Å². The molecular weight excluding hydrogens is 558 g/mol. The lowest BCUT2D eigenvalue weighted by Gasteiger charge is -2.40. The molecule has 1 aliphatic heterocycles. The first-order chi connectivity index (χ1) is 19.0. The number of aromatic amines is 1. The summed E-state index contributed by atoms with van der Waals surface area (Å²) >= 11 is 0. The molecule has 4 aromatic rings. The van der Waals surface area contributed by atoms with Crippen LogP contribution in [0.1, 0.15) is 16.2 Å². The van der Waals surface area contributed by atoms with Crippen LogP contribution in [-0.4, -0.2) is 86.5 Å². The number of nitrogens with zero attached hydrogens (tertiary/aromatic N) is 4. The summed E-state index contributed by atoms with van der Waals surface area (Å²) < 4.78 is 51.0. The first-order valence-electron chi connectivity index (χ1n) is 12.2. The highest BCUT2D eigenvalue weighted by atomic mass is 32.3. The third-order valence-corrected chi connectivity index (χ3v) is 8.64. The average molecular weight is 588 g/mol. The maximum atomic E-state index is 13.3. The number of ether oxygens (including phenoxy) is 1. The van der Waals surface area contributed by atoms with Gasteiger partial charge in [-0.3, -0.25) is 28.6 Å². The van der Waals surface area contributed by atoms with Crippen LogP contribution in [-0.2, 0) is 16.6 Å². The molecule has 0 radical (unpaired) electrons. The minimum absolute atomic E-state index is 0.120. The molecule has 1 saturated heterocycles. The van der Waals surface area contributed by atoms with Gasteiger partial charge in [-0.05, 0) is 35.9 Å². The Labute approximate surface area is 232 Å². The van der Waals surface area contributed by atoms with Crippen molar-refractivity contribution >= 4 is 48.8 Å². The summed E-state index contributed by atoms with van der Waals surface area (Å²) in [5.41, 5.74) is 3.47. The second kappa shape index (κ2) is 11.0. The normalized spacial score (nSPS) is 16.4. The summed E-state index contributed by atoms with van der Waals surface area (Å²) in [6.07, 6.45) is 4.18. The molecule has 40 heavy (non-hydrogen) atoms. The number of methoxy groups -OCH3 is 1. The lowest BCUT2D eigenvalue weighted by atomic mass is 10.0. The van der Waals surface area contributed by atoms with Crippen molar-refractivity contribution in [1.29, 1.82) is 0 Å². The second-order valence-electron chi connectivity index (χ2n) is 9.46. The van der Waals surface area contributed by atoms with E-state index in [2.05, 4.69) is 35.1 Å². The molecule has 0 atom stereocenters. The van der Waals surface area contributed by atoms with E-state index in [1.54, 1.807) is 36.7 Å².